The normalized spacial score (nSPS) is 12.3. The molecule has 0 aromatic carbocycles. The first-order chi connectivity index (χ1) is 4.04. The van der Waals surface area contributed by atoms with Gasteiger partial charge >= 0.3 is 0 Å². The Labute approximate surface area is 59.2 Å². The Morgan fingerprint density at radius 3 is 2.11 bits per heavy atom. The molecule has 4 heteroatoms. The van der Waals surface area contributed by atoms with Crippen LogP contribution in [0.1, 0.15) is 13.8 Å². The van der Waals surface area contributed by atoms with E-state index in [9.17, 15) is 9.59 Å². The van der Waals surface area contributed by atoms with Gasteiger partial charge in [-0.3, -0.25) is 9.59 Å². The van der Waals surface area contributed by atoms with Crippen molar-refractivity contribution in [3.05, 3.63) is 0 Å². The van der Waals surface area contributed by atoms with Crippen LogP contribution in [0.15, 0.2) is 0 Å². The number of hydrogen-bond acceptors (Lipinski definition) is 2. The Balaban J connectivity index is 3.63. The highest BCUT2D eigenvalue weighted by atomic mass is 32.1. The maximum Gasteiger partial charge on any atom is 0.217 e. The highest BCUT2D eigenvalue weighted by molar-refractivity contribution is 7.96. The smallest absolute Gasteiger partial charge is 0.217 e. The summed E-state index contributed by atoms with van der Waals surface area (Å²) in [6.07, 6.45) is 0. The van der Waals surface area contributed by atoms with Crippen LogP contribution in [-0.2, 0) is 9.59 Å². The van der Waals surface area contributed by atoms with Crippen molar-refractivity contribution in [1.82, 2.24) is 5.32 Å². The van der Waals surface area contributed by atoms with Gasteiger partial charge in [0.1, 0.15) is 0 Å². The van der Waals surface area contributed by atoms with Gasteiger partial charge in [-0.05, 0) is 6.92 Å². The van der Waals surface area contributed by atoms with Gasteiger partial charge in [0, 0.05) is 6.92 Å². The lowest BCUT2D eigenvalue weighted by Gasteiger charge is -2.05. The number of carbonyl (C=O) groups excluding carboxylic acids is 2. The van der Waals surface area contributed by atoms with Crippen molar-refractivity contribution in [3.63, 3.8) is 0 Å². The van der Waals surface area contributed by atoms with Crippen LogP contribution in [0, 0.1) is 0 Å². The van der Waals surface area contributed by atoms with Crippen LogP contribution in [0.2, 0.25) is 0 Å². The number of nitrogens with one attached hydrogen (secondary N) is 1. The largest absolute Gasteiger partial charge is 0.346 e. The molecule has 0 bridgehead atoms. The molecular weight excluding hydrogens is 138 g/mol. The van der Waals surface area contributed by atoms with Crippen LogP contribution in [-0.4, -0.2) is 17.1 Å². The lowest BCUT2D eigenvalue weighted by Crippen LogP contribution is -2.34. The molecule has 1 amide bonds. The number of amides is 1. The summed E-state index contributed by atoms with van der Waals surface area (Å²) < 4.78 is 0. The van der Waals surface area contributed by atoms with E-state index in [4.69, 9.17) is 0 Å². The van der Waals surface area contributed by atoms with Gasteiger partial charge in [0.2, 0.25) is 11.0 Å². The second kappa shape index (κ2) is 3.50. The summed E-state index contributed by atoms with van der Waals surface area (Å²) in [5.41, 5.74) is 0. The van der Waals surface area contributed by atoms with Crippen LogP contribution in [0.3, 0.4) is 0 Å². The zero-order valence-corrected chi connectivity index (χ0v) is 6.24. The van der Waals surface area contributed by atoms with Gasteiger partial charge in [-0.15, -0.1) is 12.6 Å². The second-order valence-electron chi connectivity index (χ2n) is 1.76. The predicted molar refractivity (Wildman–Crippen MR) is 37.3 cm³/mol. The van der Waals surface area contributed by atoms with Crippen LogP contribution in [0.5, 0.6) is 0 Å². The summed E-state index contributed by atoms with van der Waals surface area (Å²) in [5.74, 6) is -0.218. The minimum absolute atomic E-state index is 0.218. The quantitative estimate of drug-likeness (QED) is 0.539. The molecule has 0 radical (unpaired) electrons. The number of thiol groups is 1. The number of carbonyl (C=O) groups is 2. The van der Waals surface area contributed by atoms with Crippen molar-refractivity contribution in [2.45, 2.75) is 19.9 Å². The van der Waals surface area contributed by atoms with E-state index in [1.165, 1.54) is 6.92 Å². The molecule has 0 saturated carbocycles. The number of rotatable bonds is 2. The summed E-state index contributed by atoms with van der Waals surface area (Å²) in [7, 11) is 0. The van der Waals surface area contributed by atoms with Gasteiger partial charge in [-0.2, -0.15) is 0 Å². The highest BCUT2D eigenvalue weighted by Gasteiger charge is 2.07. The zero-order chi connectivity index (χ0) is 7.44. The molecule has 3 nitrogen and oxygen atoms in total. The van der Waals surface area contributed by atoms with E-state index in [-0.39, 0.29) is 11.0 Å². The monoisotopic (exact) mass is 147 g/mol. The summed E-state index contributed by atoms with van der Waals surface area (Å²) in [5, 5.41) is 2.05. The minimum Gasteiger partial charge on any atom is -0.346 e. The van der Waals surface area contributed by atoms with Crippen molar-refractivity contribution in [3.8, 4) is 0 Å². The van der Waals surface area contributed by atoms with Crippen LogP contribution in [0.25, 0.3) is 0 Å². The van der Waals surface area contributed by atoms with Crippen molar-refractivity contribution in [2.24, 2.45) is 0 Å². The van der Waals surface area contributed by atoms with Gasteiger partial charge < -0.3 is 5.32 Å². The summed E-state index contributed by atoms with van der Waals surface area (Å²) in [4.78, 5) is 20.6. The second-order valence-corrected chi connectivity index (χ2v) is 2.20. The summed E-state index contributed by atoms with van der Waals surface area (Å²) in [6.45, 7) is 2.93. The first-order valence-corrected chi connectivity index (χ1v) is 2.98. The Bertz CT molecular complexity index is 135. The van der Waals surface area contributed by atoms with Gasteiger partial charge in [-0.25, -0.2) is 0 Å². The SMILES string of the molecule is CC(=O)NC(C)C(=O)S. The fourth-order valence-electron chi connectivity index (χ4n) is 0.367. The molecule has 0 aromatic rings. The average molecular weight is 147 g/mol. The first kappa shape index (κ1) is 8.49. The molecule has 1 N–H and O–H groups in total. The average Bonchev–Trinajstić information content (AvgIpc) is 1.63. The predicted octanol–water partition coefficient (Wildman–Crippen LogP) is -0.0326. The molecule has 0 fully saturated rings. The van der Waals surface area contributed by atoms with E-state index >= 15 is 0 Å². The number of hydrogen-bond donors (Lipinski definition) is 2. The summed E-state index contributed by atoms with van der Waals surface area (Å²) in [6, 6.07) is -0.481. The van der Waals surface area contributed by atoms with E-state index in [0.717, 1.165) is 0 Å². The van der Waals surface area contributed by atoms with Crippen molar-refractivity contribution >= 4 is 23.7 Å². The lowest BCUT2D eigenvalue weighted by molar-refractivity contribution is -0.122. The fourth-order valence-corrected chi connectivity index (χ4v) is 0.431. The molecule has 9 heavy (non-hydrogen) atoms. The van der Waals surface area contributed by atoms with E-state index in [1.807, 2.05) is 0 Å². The molecule has 0 aliphatic carbocycles. The highest BCUT2D eigenvalue weighted by Crippen LogP contribution is 1.87. The van der Waals surface area contributed by atoms with Crippen molar-refractivity contribution < 1.29 is 9.59 Å². The molecular formula is C5H9NO2S. The molecule has 0 aromatic heterocycles. The minimum atomic E-state index is -0.481. The van der Waals surface area contributed by atoms with Gasteiger partial charge in [0.15, 0.2) is 0 Å². The van der Waals surface area contributed by atoms with Crippen LogP contribution >= 0.6 is 12.6 Å². The standard InChI is InChI=1S/C5H9NO2S/c1-3(5(8)9)6-4(2)7/h3H,1-2H3,(H,6,7)(H,8,9). The molecule has 0 saturated heterocycles. The molecule has 1 unspecified atom stereocenters. The Morgan fingerprint density at radius 1 is 1.56 bits per heavy atom. The fraction of sp³-hybridized carbons (Fsp3) is 0.600. The molecule has 0 spiro atoms. The van der Waals surface area contributed by atoms with Crippen molar-refractivity contribution in [2.75, 3.05) is 0 Å². The Morgan fingerprint density at radius 2 is 2.00 bits per heavy atom. The Kier molecular flexibility index (Phi) is 3.30. The Hall–Kier alpha value is -0.510. The van der Waals surface area contributed by atoms with E-state index < -0.39 is 6.04 Å². The first-order valence-electron chi connectivity index (χ1n) is 2.54. The van der Waals surface area contributed by atoms with Gasteiger partial charge in [0.25, 0.3) is 0 Å². The molecule has 1 atom stereocenters. The van der Waals surface area contributed by atoms with E-state index in [1.54, 1.807) is 6.92 Å². The van der Waals surface area contributed by atoms with Gasteiger partial charge in [-0.1, -0.05) is 0 Å². The van der Waals surface area contributed by atoms with Crippen LogP contribution < -0.4 is 5.32 Å². The van der Waals surface area contributed by atoms with E-state index in [2.05, 4.69) is 17.9 Å². The maximum atomic E-state index is 10.3. The third-order valence-electron chi connectivity index (χ3n) is 0.790. The molecule has 52 valence electrons. The molecule has 0 heterocycles. The molecule has 0 aliphatic rings. The third kappa shape index (κ3) is 4.02. The maximum absolute atomic E-state index is 10.3. The van der Waals surface area contributed by atoms with Crippen molar-refractivity contribution in [1.29, 1.82) is 0 Å². The van der Waals surface area contributed by atoms with E-state index in [0.29, 0.717) is 0 Å². The van der Waals surface area contributed by atoms with Gasteiger partial charge in [0.05, 0.1) is 6.04 Å². The third-order valence-corrected chi connectivity index (χ3v) is 1.18. The summed E-state index contributed by atoms with van der Waals surface area (Å²) >= 11 is 3.51. The molecule has 0 rings (SSSR count). The topological polar surface area (TPSA) is 46.2 Å². The lowest BCUT2D eigenvalue weighted by atomic mass is 10.4. The van der Waals surface area contributed by atoms with Crippen LogP contribution in [0.4, 0.5) is 0 Å². The molecule has 0 aliphatic heterocycles. The zero-order valence-electron chi connectivity index (χ0n) is 5.34.